The van der Waals surface area contributed by atoms with Crippen LogP contribution < -0.4 is 17.2 Å². The molecule has 136 valence electrons. The van der Waals surface area contributed by atoms with E-state index in [2.05, 4.69) is 41.2 Å². The third kappa shape index (κ3) is 7.51. The van der Waals surface area contributed by atoms with Crippen molar-refractivity contribution < 1.29 is 18.0 Å². The lowest BCUT2D eigenvalue weighted by molar-refractivity contribution is -0.156. The molecule has 2 rings (SSSR count). The lowest BCUT2D eigenvalue weighted by Gasteiger charge is -2.05. The van der Waals surface area contributed by atoms with Crippen LogP contribution in [0.5, 0.6) is 0 Å². The fraction of sp³-hybridized carbons (Fsp3) is 0.312. The normalized spacial score (nSPS) is 13.3. The van der Waals surface area contributed by atoms with E-state index in [-0.39, 0.29) is 11.9 Å². The van der Waals surface area contributed by atoms with Gasteiger partial charge in [-0.15, -0.1) is 0 Å². The monoisotopic (exact) mass is 355 g/mol. The topological polar surface area (TPSA) is 120 Å². The lowest BCUT2D eigenvalue weighted by atomic mass is 10.0. The fourth-order valence-electron chi connectivity index (χ4n) is 2.21. The van der Waals surface area contributed by atoms with Crippen LogP contribution in [-0.2, 0) is 11.2 Å². The van der Waals surface area contributed by atoms with Crippen molar-refractivity contribution in [1.29, 1.82) is 0 Å². The van der Waals surface area contributed by atoms with Crippen molar-refractivity contribution in [3.63, 3.8) is 0 Å². The molecule has 0 fully saturated rings. The van der Waals surface area contributed by atoms with Crippen molar-refractivity contribution in [3.05, 3.63) is 41.0 Å². The zero-order valence-electron chi connectivity index (χ0n) is 13.7. The first-order valence-electron chi connectivity index (χ1n) is 7.34. The molecule has 0 saturated heterocycles. The minimum Gasteiger partial charge on any atom is -0.370 e. The molecule has 0 aliphatic heterocycles. The summed E-state index contributed by atoms with van der Waals surface area (Å²) in [5.74, 6) is 0.0605. The van der Waals surface area contributed by atoms with E-state index in [0.717, 1.165) is 12.8 Å². The van der Waals surface area contributed by atoms with Gasteiger partial charge in [0.1, 0.15) is 0 Å². The summed E-state index contributed by atoms with van der Waals surface area (Å²) in [5, 5.41) is 0. The van der Waals surface area contributed by atoms with E-state index < -0.39 is 12.5 Å². The van der Waals surface area contributed by atoms with Crippen LogP contribution in [0.4, 0.5) is 13.2 Å². The lowest BCUT2D eigenvalue weighted by Crippen LogP contribution is -2.26. The second-order valence-electron chi connectivity index (χ2n) is 5.28. The Hall–Kier alpha value is -2.84. The summed E-state index contributed by atoms with van der Waals surface area (Å²) in [6.07, 6.45) is -1.61. The van der Waals surface area contributed by atoms with Gasteiger partial charge in [-0.25, -0.2) is 0 Å². The molecule has 0 bridgehead atoms. The predicted molar refractivity (Wildman–Crippen MR) is 91.9 cm³/mol. The van der Waals surface area contributed by atoms with Gasteiger partial charge >= 0.3 is 6.18 Å². The molecular weight excluding hydrogens is 335 g/mol. The Balaban J connectivity index is 0.000000450. The minimum atomic E-state index is -4.64. The Morgan fingerprint density at radius 3 is 2.48 bits per heavy atom. The van der Waals surface area contributed by atoms with Gasteiger partial charge in [0.2, 0.25) is 12.2 Å². The third-order valence-electron chi connectivity index (χ3n) is 3.21. The van der Waals surface area contributed by atoms with Gasteiger partial charge in [-0.1, -0.05) is 29.8 Å². The van der Waals surface area contributed by atoms with Gasteiger partial charge in [-0.3, -0.25) is 9.79 Å². The average molecular weight is 355 g/mol. The summed E-state index contributed by atoms with van der Waals surface area (Å²) in [4.78, 5) is 16.5. The highest BCUT2D eigenvalue weighted by molar-refractivity contribution is 5.92. The van der Waals surface area contributed by atoms with E-state index in [0.29, 0.717) is 6.54 Å². The number of hydrogen-bond donors (Lipinski definition) is 3. The van der Waals surface area contributed by atoms with Crippen LogP contribution in [0.25, 0.3) is 5.57 Å². The molecule has 6 N–H and O–H groups in total. The van der Waals surface area contributed by atoms with Crippen molar-refractivity contribution in [2.45, 2.75) is 25.9 Å². The van der Waals surface area contributed by atoms with Crippen LogP contribution in [0.2, 0.25) is 0 Å². The van der Waals surface area contributed by atoms with E-state index in [1.54, 1.807) is 0 Å². The van der Waals surface area contributed by atoms with E-state index in [1.807, 2.05) is 0 Å². The number of nitrogens with zero attached hydrogens (tertiary/aromatic N) is 2. The van der Waals surface area contributed by atoms with Crippen LogP contribution in [0, 0.1) is 6.92 Å². The molecule has 0 radical (unpaired) electrons. The summed E-state index contributed by atoms with van der Waals surface area (Å²) in [6, 6.07) is 6.55. The highest BCUT2D eigenvalue weighted by Gasteiger charge is 2.24. The number of rotatable bonds is 3. The molecule has 1 aromatic rings. The zero-order valence-corrected chi connectivity index (χ0v) is 13.7. The van der Waals surface area contributed by atoms with Gasteiger partial charge < -0.3 is 17.2 Å². The third-order valence-corrected chi connectivity index (χ3v) is 3.21. The average Bonchev–Trinajstić information content (AvgIpc) is 2.89. The first kappa shape index (κ1) is 20.2. The number of aldehydes is 1. The van der Waals surface area contributed by atoms with Crippen LogP contribution in [0.3, 0.4) is 0 Å². The molecule has 0 unspecified atom stereocenters. The summed E-state index contributed by atoms with van der Waals surface area (Å²) in [5.41, 5.74) is 21.3. The number of allylic oxidation sites excluding steroid dienone is 1. The molecule has 9 heteroatoms. The number of carbonyl (C=O) groups excluding carboxylic acids is 1. The molecule has 0 aromatic heterocycles. The highest BCUT2D eigenvalue weighted by atomic mass is 19.4. The number of hydrogen-bond acceptors (Lipinski definition) is 2. The standard InChI is InChI=1S/C14H19N5.C2HF3O/c1-9-2-3-10-4-5-11(12(10)8-9)6-7-18-14(17)19-13(15)16;3-2(4,5)1-6/h2-3,5,8H,4,6-7H2,1H3,(H6,15,16,17,18,19);1H. The number of aryl methyl sites for hydroxylation is 1. The second-order valence-corrected chi connectivity index (χ2v) is 5.28. The first-order chi connectivity index (χ1) is 11.6. The van der Waals surface area contributed by atoms with Gasteiger partial charge in [0, 0.05) is 6.54 Å². The van der Waals surface area contributed by atoms with Gasteiger partial charge in [0.25, 0.3) is 0 Å². The number of alkyl halides is 3. The maximum Gasteiger partial charge on any atom is 0.446 e. The maximum absolute atomic E-state index is 10.4. The molecule has 0 atom stereocenters. The Labute approximate surface area is 143 Å². The maximum atomic E-state index is 10.4. The zero-order chi connectivity index (χ0) is 19.0. The second kappa shape index (κ2) is 8.86. The molecule has 6 nitrogen and oxygen atoms in total. The quantitative estimate of drug-likeness (QED) is 0.434. The van der Waals surface area contributed by atoms with Gasteiger partial charge in [-0.05, 0) is 36.5 Å². The molecule has 0 heterocycles. The number of carbonyl (C=O) groups is 1. The van der Waals surface area contributed by atoms with Crippen LogP contribution in [0.15, 0.2) is 34.3 Å². The molecule has 1 aliphatic rings. The molecule has 0 spiro atoms. The number of nitrogens with two attached hydrogens (primary N) is 3. The molecule has 1 aliphatic carbocycles. The predicted octanol–water partition coefficient (Wildman–Crippen LogP) is 1.66. The van der Waals surface area contributed by atoms with E-state index >= 15 is 0 Å². The Bertz CT molecular complexity index is 704. The Kier molecular flexibility index (Phi) is 7.16. The molecule has 0 amide bonds. The van der Waals surface area contributed by atoms with Gasteiger partial charge in [-0.2, -0.15) is 18.2 Å². The summed E-state index contributed by atoms with van der Waals surface area (Å²) in [7, 11) is 0. The largest absolute Gasteiger partial charge is 0.446 e. The minimum absolute atomic E-state index is 0.0673. The SMILES string of the molecule is Cc1ccc2c(c1)C(CCN=C(N)N=C(N)N)=CC2.O=CC(F)(F)F. The van der Waals surface area contributed by atoms with Crippen molar-refractivity contribution in [2.75, 3.05) is 6.54 Å². The Morgan fingerprint density at radius 1 is 1.28 bits per heavy atom. The molecule has 1 aromatic carbocycles. The first-order valence-corrected chi connectivity index (χ1v) is 7.34. The van der Waals surface area contributed by atoms with E-state index in [4.69, 9.17) is 22.0 Å². The number of aliphatic imine (C=N–C) groups is 2. The summed E-state index contributed by atoms with van der Waals surface area (Å²) < 4.78 is 31.2. The van der Waals surface area contributed by atoms with E-state index in [1.165, 1.54) is 22.3 Å². The molecular formula is C16H20F3N5O. The molecule has 25 heavy (non-hydrogen) atoms. The molecule has 0 saturated carbocycles. The highest BCUT2D eigenvalue weighted by Crippen LogP contribution is 2.30. The van der Waals surface area contributed by atoms with Gasteiger partial charge in [0.05, 0.1) is 0 Å². The summed E-state index contributed by atoms with van der Waals surface area (Å²) >= 11 is 0. The number of guanidine groups is 2. The summed E-state index contributed by atoms with van der Waals surface area (Å²) in [6.45, 7) is 2.69. The van der Waals surface area contributed by atoms with Crippen LogP contribution in [-0.4, -0.2) is 30.9 Å². The van der Waals surface area contributed by atoms with Crippen molar-refractivity contribution in [2.24, 2.45) is 27.2 Å². The van der Waals surface area contributed by atoms with Crippen molar-refractivity contribution >= 4 is 23.8 Å². The van der Waals surface area contributed by atoms with Crippen molar-refractivity contribution in [1.82, 2.24) is 0 Å². The van der Waals surface area contributed by atoms with Crippen molar-refractivity contribution in [3.8, 4) is 0 Å². The van der Waals surface area contributed by atoms with Gasteiger partial charge in [0.15, 0.2) is 5.96 Å². The van der Waals surface area contributed by atoms with Crippen LogP contribution in [0.1, 0.15) is 23.1 Å². The number of fused-ring (bicyclic) bond motifs is 1. The Morgan fingerprint density at radius 2 is 1.92 bits per heavy atom. The smallest absolute Gasteiger partial charge is 0.370 e. The van der Waals surface area contributed by atoms with E-state index in [9.17, 15) is 13.2 Å². The fourth-order valence-corrected chi connectivity index (χ4v) is 2.21. The number of halogens is 3. The number of benzene rings is 1. The van der Waals surface area contributed by atoms with Crippen LogP contribution >= 0.6 is 0 Å².